The molecule has 2 aromatic rings. The van der Waals surface area contributed by atoms with Crippen LogP contribution in [0, 0.1) is 0 Å². The van der Waals surface area contributed by atoms with Gasteiger partial charge in [0.05, 0.1) is 18.5 Å². The molecule has 2 aliphatic rings. The van der Waals surface area contributed by atoms with E-state index in [9.17, 15) is 14.7 Å². The number of aliphatic hydroxyl groups excluding tert-OH is 1. The van der Waals surface area contributed by atoms with Gasteiger partial charge in [-0.05, 0) is 42.8 Å². The van der Waals surface area contributed by atoms with Crippen LogP contribution in [0.5, 0.6) is 5.75 Å². The molecule has 1 aliphatic carbocycles. The number of hydrogen-bond donors (Lipinski definition) is 1. The lowest BCUT2D eigenvalue weighted by atomic mass is 9.89. The highest BCUT2D eigenvalue weighted by Gasteiger charge is 2.37. The smallest absolute Gasteiger partial charge is 0.198 e. The first-order chi connectivity index (χ1) is 13.6. The molecule has 1 unspecified atom stereocenters. The predicted octanol–water partition coefficient (Wildman–Crippen LogP) is 4.05. The minimum atomic E-state index is -0.817. The molecule has 0 spiro atoms. The summed E-state index contributed by atoms with van der Waals surface area (Å²) in [5.74, 6) is -0.163. The average molecular weight is 376 g/mol. The average Bonchev–Trinajstić information content (AvgIpc) is 2.72. The van der Waals surface area contributed by atoms with Gasteiger partial charge in [0.1, 0.15) is 23.1 Å². The van der Waals surface area contributed by atoms with Crippen LogP contribution in [0.2, 0.25) is 0 Å². The minimum absolute atomic E-state index is 0.0967. The van der Waals surface area contributed by atoms with Crippen molar-refractivity contribution < 1.29 is 19.4 Å². The second kappa shape index (κ2) is 7.31. The number of hydrogen-bond acceptors (Lipinski definition) is 6. The number of benzene rings is 2. The van der Waals surface area contributed by atoms with Crippen LogP contribution < -0.4 is 9.64 Å². The van der Waals surface area contributed by atoms with Gasteiger partial charge < -0.3 is 14.7 Å². The quantitative estimate of drug-likeness (QED) is 0.815. The van der Waals surface area contributed by atoms with E-state index in [-0.39, 0.29) is 23.5 Å². The highest BCUT2D eigenvalue weighted by molar-refractivity contribution is 6.28. The number of aliphatic hydroxyl groups is 1. The fourth-order valence-corrected chi connectivity index (χ4v) is 3.63. The molecule has 28 heavy (non-hydrogen) atoms. The van der Waals surface area contributed by atoms with E-state index in [4.69, 9.17) is 4.74 Å². The van der Waals surface area contributed by atoms with Gasteiger partial charge in [0.2, 0.25) is 0 Å². The zero-order valence-electron chi connectivity index (χ0n) is 15.5. The van der Waals surface area contributed by atoms with Crippen molar-refractivity contribution in [3.63, 3.8) is 0 Å². The molecule has 1 heterocycles. The normalized spacial score (nSPS) is 18.8. The fourth-order valence-electron chi connectivity index (χ4n) is 3.63. The molecule has 1 atom stereocenters. The topological polar surface area (TPSA) is 79.2 Å². The Morgan fingerprint density at radius 2 is 1.89 bits per heavy atom. The molecule has 0 aromatic heterocycles. The number of aliphatic imine (C=N–C) groups is 1. The molecule has 0 bridgehead atoms. The van der Waals surface area contributed by atoms with Crippen molar-refractivity contribution >= 4 is 34.8 Å². The number of Topliss-reactive ketones (excluding diaryl/α,β-unsaturated/α-hetero) is 2. The van der Waals surface area contributed by atoms with Gasteiger partial charge in [0.25, 0.3) is 0 Å². The number of rotatable bonds is 4. The summed E-state index contributed by atoms with van der Waals surface area (Å²) in [5, 5.41) is 10.2. The van der Waals surface area contributed by atoms with E-state index in [1.54, 1.807) is 7.11 Å². The van der Waals surface area contributed by atoms with E-state index in [0.717, 1.165) is 17.1 Å². The molecule has 142 valence electrons. The largest absolute Gasteiger partial charge is 0.511 e. The summed E-state index contributed by atoms with van der Waals surface area (Å²) in [6.45, 7) is 0. The van der Waals surface area contributed by atoms with Crippen molar-refractivity contribution in [2.75, 3.05) is 12.0 Å². The van der Waals surface area contributed by atoms with Gasteiger partial charge >= 0.3 is 0 Å². The van der Waals surface area contributed by atoms with Crippen molar-refractivity contribution in [3.05, 3.63) is 59.9 Å². The number of anilines is 2. The number of carbonyl (C=O) groups excluding carboxylic acids is 2. The van der Waals surface area contributed by atoms with Gasteiger partial charge in [0.15, 0.2) is 11.6 Å². The molecule has 4 rings (SSSR count). The maximum absolute atomic E-state index is 13.3. The summed E-state index contributed by atoms with van der Waals surface area (Å²) in [6, 6.07) is 14.0. The SMILES string of the molecule is COc1ccc(N2c3ccccc3N=CC2C(=O)C2=C(O)CCCC2=O)cc1. The summed E-state index contributed by atoms with van der Waals surface area (Å²) >= 11 is 0. The van der Waals surface area contributed by atoms with E-state index in [0.29, 0.717) is 18.6 Å². The van der Waals surface area contributed by atoms with Gasteiger partial charge in [-0.1, -0.05) is 12.1 Å². The lowest BCUT2D eigenvalue weighted by Gasteiger charge is -2.34. The maximum Gasteiger partial charge on any atom is 0.198 e. The Bertz CT molecular complexity index is 992. The third-order valence-electron chi connectivity index (χ3n) is 5.02. The number of para-hydroxylation sites is 2. The summed E-state index contributed by atoms with van der Waals surface area (Å²) in [6.07, 6.45) is 2.71. The first kappa shape index (κ1) is 18.0. The van der Waals surface area contributed by atoms with Crippen molar-refractivity contribution in [2.24, 2.45) is 4.99 Å². The van der Waals surface area contributed by atoms with Crippen LogP contribution in [0.1, 0.15) is 19.3 Å². The maximum atomic E-state index is 13.3. The van der Waals surface area contributed by atoms with Crippen LogP contribution in [-0.2, 0) is 9.59 Å². The summed E-state index contributed by atoms with van der Waals surface area (Å²) < 4.78 is 5.23. The van der Waals surface area contributed by atoms with Crippen LogP contribution >= 0.6 is 0 Å². The van der Waals surface area contributed by atoms with Crippen LogP contribution in [0.15, 0.2) is 64.9 Å². The standard InChI is InChI=1S/C22H20N2O4/c1-28-15-11-9-14(10-12-15)24-17-6-3-2-5-16(17)23-13-18(24)22(27)21-19(25)7-4-8-20(21)26/h2-3,5-6,9-13,18,25H,4,7-8H2,1H3. The van der Waals surface area contributed by atoms with Crippen LogP contribution in [-0.4, -0.2) is 36.0 Å². The third-order valence-corrected chi connectivity index (χ3v) is 5.02. The third kappa shape index (κ3) is 3.07. The van der Waals surface area contributed by atoms with Crippen molar-refractivity contribution in [1.82, 2.24) is 0 Å². The van der Waals surface area contributed by atoms with E-state index in [1.165, 1.54) is 6.21 Å². The fraction of sp³-hybridized carbons (Fsp3) is 0.227. The summed E-state index contributed by atoms with van der Waals surface area (Å²) in [5.41, 5.74) is 2.16. The van der Waals surface area contributed by atoms with Crippen LogP contribution in [0.4, 0.5) is 17.1 Å². The number of fused-ring (bicyclic) bond motifs is 1. The second-order valence-corrected chi connectivity index (χ2v) is 6.74. The number of carbonyl (C=O) groups is 2. The molecule has 0 amide bonds. The van der Waals surface area contributed by atoms with Crippen molar-refractivity contribution in [3.8, 4) is 5.75 Å². The predicted molar refractivity (Wildman–Crippen MR) is 107 cm³/mol. The lowest BCUT2D eigenvalue weighted by molar-refractivity contribution is -0.122. The number of ketones is 2. The number of allylic oxidation sites excluding steroid dienone is 1. The monoisotopic (exact) mass is 376 g/mol. The molecule has 0 saturated carbocycles. The Labute approximate surface area is 162 Å². The van der Waals surface area contributed by atoms with Gasteiger partial charge in [-0.15, -0.1) is 0 Å². The van der Waals surface area contributed by atoms with Gasteiger partial charge in [-0.2, -0.15) is 0 Å². The van der Waals surface area contributed by atoms with E-state index in [2.05, 4.69) is 4.99 Å². The van der Waals surface area contributed by atoms with Crippen molar-refractivity contribution in [1.29, 1.82) is 0 Å². The Morgan fingerprint density at radius 1 is 1.14 bits per heavy atom. The van der Waals surface area contributed by atoms with Gasteiger partial charge in [-0.3, -0.25) is 14.6 Å². The van der Waals surface area contributed by atoms with Crippen LogP contribution in [0.3, 0.4) is 0 Å². The number of nitrogens with zero attached hydrogens (tertiary/aromatic N) is 2. The molecule has 1 aliphatic heterocycles. The molecule has 2 aromatic carbocycles. The van der Waals surface area contributed by atoms with Gasteiger partial charge in [0, 0.05) is 24.7 Å². The Balaban J connectivity index is 1.81. The van der Waals surface area contributed by atoms with E-state index >= 15 is 0 Å². The lowest BCUT2D eigenvalue weighted by Crippen LogP contribution is -2.43. The molecule has 6 nitrogen and oxygen atoms in total. The molecular weight excluding hydrogens is 356 g/mol. The summed E-state index contributed by atoms with van der Waals surface area (Å²) in [7, 11) is 1.59. The van der Waals surface area contributed by atoms with E-state index in [1.807, 2.05) is 53.4 Å². The zero-order chi connectivity index (χ0) is 19.7. The molecule has 6 heteroatoms. The molecule has 0 saturated heterocycles. The number of ether oxygens (including phenoxy) is 1. The Hall–Kier alpha value is -3.41. The molecule has 1 N–H and O–H groups in total. The summed E-state index contributed by atoms with van der Waals surface area (Å²) in [4.78, 5) is 31.9. The van der Waals surface area contributed by atoms with E-state index < -0.39 is 11.8 Å². The first-order valence-corrected chi connectivity index (χ1v) is 9.16. The minimum Gasteiger partial charge on any atom is -0.511 e. The highest BCUT2D eigenvalue weighted by atomic mass is 16.5. The highest BCUT2D eigenvalue weighted by Crippen LogP contribution is 2.39. The Morgan fingerprint density at radius 3 is 2.61 bits per heavy atom. The first-order valence-electron chi connectivity index (χ1n) is 9.16. The zero-order valence-corrected chi connectivity index (χ0v) is 15.5. The second-order valence-electron chi connectivity index (χ2n) is 6.74. The number of methoxy groups -OCH3 is 1. The molecule has 0 radical (unpaired) electrons. The van der Waals surface area contributed by atoms with Gasteiger partial charge in [-0.25, -0.2) is 0 Å². The van der Waals surface area contributed by atoms with Crippen LogP contribution in [0.25, 0.3) is 0 Å². The van der Waals surface area contributed by atoms with Crippen molar-refractivity contribution in [2.45, 2.75) is 25.3 Å². The molecular formula is C22H20N2O4. The molecule has 0 fully saturated rings. The Kier molecular flexibility index (Phi) is 4.69.